The first kappa shape index (κ1) is 32.8. The van der Waals surface area contributed by atoms with Crippen LogP contribution in [0.3, 0.4) is 0 Å². The van der Waals surface area contributed by atoms with Crippen molar-refractivity contribution in [1.29, 1.82) is 0 Å². The van der Waals surface area contributed by atoms with E-state index < -0.39 is 0 Å². The second-order valence-electron chi connectivity index (χ2n) is 14.4. The Morgan fingerprint density at radius 3 is 1.32 bits per heavy atom. The minimum Gasteiger partial charge on any atom is -0.456 e. The first-order chi connectivity index (χ1) is 28.3. The highest BCUT2D eigenvalue weighted by molar-refractivity contribution is 5.99. The molecule has 0 atom stereocenters. The largest absolute Gasteiger partial charge is 0.456 e. The lowest BCUT2D eigenvalue weighted by atomic mass is 9.87. The number of hydrogen-bond donors (Lipinski definition) is 0. The van der Waals surface area contributed by atoms with E-state index in [1.807, 2.05) is 18.2 Å². The first-order valence-corrected chi connectivity index (χ1v) is 19.3. The van der Waals surface area contributed by atoms with Crippen LogP contribution < -0.4 is 14.4 Å². The molecule has 11 rings (SSSR count). The molecule has 3 nitrogen and oxygen atoms in total. The molecule has 0 fully saturated rings. The molecule has 9 aromatic carbocycles. The number of ether oxygens (including phenoxy) is 2. The number of fused-ring (bicyclic) bond motifs is 10. The summed E-state index contributed by atoms with van der Waals surface area (Å²) >= 11 is 0. The Morgan fingerprint density at radius 1 is 0.246 bits per heavy atom. The van der Waals surface area contributed by atoms with Crippen LogP contribution >= 0.6 is 0 Å². The monoisotopic (exact) mass is 729 g/mol. The lowest BCUT2D eigenvalue weighted by Crippen LogP contribution is -2.10. The molecule has 0 amide bonds. The van der Waals surface area contributed by atoms with E-state index in [1.54, 1.807) is 0 Å². The van der Waals surface area contributed by atoms with Crippen molar-refractivity contribution in [3.8, 4) is 89.8 Å². The number of para-hydroxylation sites is 3. The Bertz CT molecular complexity index is 2950. The van der Waals surface area contributed by atoms with Gasteiger partial charge in [-0.3, -0.25) is 0 Å². The summed E-state index contributed by atoms with van der Waals surface area (Å²) in [6, 6.07) is 75.0. The summed E-state index contributed by atoms with van der Waals surface area (Å²) in [6.45, 7) is 0. The second kappa shape index (κ2) is 13.6. The molecule has 0 saturated carbocycles. The van der Waals surface area contributed by atoms with E-state index in [9.17, 15) is 0 Å². The lowest BCUT2D eigenvalue weighted by Gasteiger charge is -2.27. The Morgan fingerprint density at radius 2 is 0.667 bits per heavy atom. The molecule has 2 heterocycles. The molecule has 3 heteroatoms. The van der Waals surface area contributed by atoms with Crippen LogP contribution in [0.5, 0.6) is 23.0 Å². The smallest absolute Gasteiger partial charge is 0.137 e. The van der Waals surface area contributed by atoms with Crippen molar-refractivity contribution in [2.75, 3.05) is 4.90 Å². The van der Waals surface area contributed by atoms with Crippen LogP contribution in [0.4, 0.5) is 17.1 Å². The zero-order valence-corrected chi connectivity index (χ0v) is 31.0. The van der Waals surface area contributed by atoms with Gasteiger partial charge in [0.1, 0.15) is 23.0 Å². The van der Waals surface area contributed by atoms with Crippen molar-refractivity contribution >= 4 is 17.1 Å². The van der Waals surface area contributed by atoms with Gasteiger partial charge in [0.05, 0.1) is 0 Å². The van der Waals surface area contributed by atoms with Crippen LogP contribution in [0, 0.1) is 0 Å². The van der Waals surface area contributed by atoms with Gasteiger partial charge in [0.2, 0.25) is 0 Å². The number of hydrogen-bond acceptors (Lipinski definition) is 3. The number of nitrogens with zero attached hydrogens (tertiary/aromatic N) is 1. The van der Waals surface area contributed by atoms with Crippen molar-refractivity contribution < 1.29 is 9.47 Å². The molecular weight excluding hydrogens is 695 g/mol. The topological polar surface area (TPSA) is 21.7 Å². The molecule has 57 heavy (non-hydrogen) atoms. The third-order valence-electron chi connectivity index (χ3n) is 11.1. The maximum atomic E-state index is 6.78. The molecule has 0 aromatic heterocycles. The van der Waals surface area contributed by atoms with Gasteiger partial charge in [-0.2, -0.15) is 0 Å². The Balaban J connectivity index is 1.05. The van der Waals surface area contributed by atoms with E-state index in [0.29, 0.717) is 0 Å². The summed E-state index contributed by atoms with van der Waals surface area (Å²) in [5, 5.41) is 0. The standard InChI is InChI=1S/C54H35NO2/c1-2-13-36(14-3-1)37-25-29-39(30-26-37)55(41-33-34-47-44-16-5-4-15-43(44)45-17-6-9-22-50(45)57-53(47)35-41)40-31-27-38(28-32-40)42-20-12-21-48-46-18-7-10-23-51(46)56-52-24-11-8-19-49(52)54(42)48/h1-35H. The van der Waals surface area contributed by atoms with E-state index in [-0.39, 0.29) is 0 Å². The molecule has 0 aliphatic carbocycles. The molecular formula is C54H35NO2. The highest BCUT2D eigenvalue weighted by Crippen LogP contribution is 2.51. The Hall–Kier alpha value is -7.62. The number of rotatable bonds is 5. The minimum atomic E-state index is 0.820. The van der Waals surface area contributed by atoms with Gasteiger partial charge in [-0.1, -0.05) is 152 Å². The molecule has 9 aromatic rings. The quantitative estimate of drug-likeness (QED) is 0.176. The Kier molecular flexibility index (Phi) is 7.82. The summed E-state index contributed by atoms with van der Waals surface area (Å²) in [5.41, 5.74) is 16.7. The summed E-state index contributed by atoms with van der Waals surface area (Å²) < 4.78 is 13.3. The third kappa shape index (κ3) is 5.68. The van der Waals surface area contributed by atoms with Gasteiger partial charge in [0.15, 0.2) is 0 Å². The van der Waals surface area contributed by atoms with Crippen LogP contribution in [0.1, 0.15) is 0 Å². The molecule has 0 N–H and O–H groups in total. The van der Waals surface area contributed by atoms with Gasteiger partial charge < -0.3 is 14.4 Å². The van der Waals surface area contributed by atoms with Crippen molar-refractivity contribution in [3.05, 3.63) is 212 Å². The van der Waals surface area contributed by atoms with E-state index in [1.165, 1.54) is 22.3 Å². The highest BCUT2D eigenvalue weighted by Gasteiger charge is 2.25. The summed E-state index contributed by atoms with van der Waals surface area (Å²) in [5.74, 6) is 3.39. The average Bonchev–Trinajstić information content (AvgIpc) is 3.52. The van der Waals surface area contributed by atoms with Gasteiger partial charge in [-0.25, -0.2) is 0 Å². The average molecular weight is 730 g/mol. The molecule has 0 saturated heterocycles. The van der Waals surface area contributed by atoms with E-state index in [4.69, 9.17) is 9.47 Å². The molecule has 268 valence electrons. The molecule has 2 aliphatic heterocycles. The maximum Gasteiger partial charge on any atom is 0.137 e. The summed E-state index contributed by atoms with van der Waals surface area (Å²) in [4.78, 5) is 2.32. The molecule has 0 unspecified atom stereocenters. The van der Waals surface area contributed by atoms with Crippen molar-refractivity contribution in [2.45, 2.75) is 0 Å². The van der Waals surface area contributed by atoms with Crippen molar-refractivity contribution in [3.63, 3.8) is 0 Å². The van der Waals surface area contributed by atoms with Gasteiger partial charge >= 0.3 is 0 Å². The molecule has 0 bridgehead atoms. The van der Waals surface area contributed by atoms with Crippen LogP contribution in [0.25, 0.3) is 66.8 Å². The van der Waals surface area contributed by atoms with Gasteiger partial charge in [-0.15, -0.1) is 0 Å². The fourth-order valence-electron chi connectivity index (χ4n) is 8.44. The van der Waals surface area contributed by atoms with Gasteiger partial charge in [0, 0.05) is 50.9 Å². The van der Waals surface area contributed by atoms with Crippen LogP contribution in [-0.2, 0) is 0 Å². The van der Waals surface area contributed by atoms with Crippen molar-refractivity contribution in [2.24, 2.45) is 0 Å². The third-order valence-corrected chi connectivity index (χ3v) is 11.1. The van der Waals surface area contributed by atoms with E-state index >= 15 is 0 Å². The fourth-order valence-corrected chi connectivity index (χ4v) is 8.44. The summed E-state index contributed by atoms with van der Waals surface area (Å²) in [6.07, 6.45) is 0. The number of benzene rings is 9. The zero-order valence-electron chi connectivity index (χ0n) is 31.0. The van der Waals surface area contributed by atoms with E-state index in [0.717, 1.165) is 84.6 Å². The van der Waals surface area contributed by atoms with Gasteiger partial charge in [0.25, 0.3) is 0 Å². The van der Waals surface area contributed by atoms with Gasteiger partial charge in [-0.05, 0) is 93.5 Å². The fraction of sp³-hybridized carbons (Fsp3) is 0. The molecule has 0 spiro atoms. The van der Waals surface area contributed by atoms with Crippen LogP contribution in [-0.4, -0.2) is 0 Å². The molecule has 2 aliphatic rings. The second-order valence-corrected chi connectivity index (χ2v) is 14.4. The summed E-state index contributed by atoms with van der Waals surface area (Å²) in [7, 11) is 0. The van der Waals surface area contributed by atoms with Crippen LogP contribution in [0.2, 0.25) is 0 Å². The SMILES string of the molecule is c1ccc(-c2ccc(N(c3ccc(-c4cccc5c4-c4ccccc4Oc4ccccc4-5)cc3)c3ccc4c(c3)Oc3ccccc3-c3ccccc3-4)cc2)cc1. The lowest BCUT2D eigenvalue weighted by molar-refractivity contribution is 0.487. The van der Waals surface area contributed by atoms with E-state index in [2.05, 4.69) is 199 Å². The zero-order chi connectivity index (χ0) is 37.7. The number of anilines is 3. The normalized spacial score (nSPS) is 11.8. The highest BCUT2D eigenvalue weighted by atomic mass is 16.5. The Labute approximate surface area is 332 Å². The molecule has 0 radical (unpaired) electrons. The maximum absolute atomic E-state index is 6.78. The minimum absolute atomic E-state index is 0.820. The first-order valence-electron chi connectivity index (χ1n) is 19.3. The van der Waals surface area contributed by atoms with Crippen LogP contribution in [0.15, 0.2) is 212 Å². The predicted octanol–water partition coefficient (Wildman–Crippen LogP) is 15.4. The van der Waals surface area contributed by atoms with Crippen molar-refractivity contribution in [1.82, 2.24) is 0 Å². The predicted molar refractivity (Wildman–Crippen MR) is 234 cm³/mol.